The maximum absolute atomic E-state index is 12.1. The van der Waals surface area contributed by atoms with Crippen molar-refractivity contribution < 1.29 is 14.3 Å². The van der Waals surface area contributed by atoms with Crippen LogP contribution in [-0.2, 0) is 14.3 Å². The van der Waals surface area contributed by atoms with Crippen molar-refractivity contribution in [3.8, 4) is 0 Å². The molecule has 1 aliphatic rings. The Kier molecular flexibility index (Phi) is 6.80. The molecule has 0 aliphatic carbocycles. The summed E-state index contributed by atoms with van der Waals surface area (Å²) in [6, 6.07) is 0. The number of morpholine rings is 1. The van der Waals surface area contributed by atoms with Crippen LogP contribution < -0.4 is 0 Å². The lowest BCUT2D eigenvalue weighted by molar-refractivity contribution is -0.144. The normalized spacial score (nSPS) is 25.7. The number of hydrogen-bond acceptors (Lipinski definition) is 3. The van der Waals surface area contributed by atoms with Gasteiger partial charge in [0.15, 0.2) is 0 Å². The maximum atomic E-state index is 12.1. The van der Waals surface area contributed by atoms with E-state index in [1.807, 2.05) is 18.7 Å². The van der Waals surface area contributed by atoms with Crippen LogP contribution in [-0.4, -0.2) is 48.8 Å². The van der Waals surface area contributed by atoms with Crippen LogP contribution in [0.5, 0.6) is 0 Å². The van der Waals surface area contributed by atoms with Gasteiger partial charge < -0.3 is 14.4 Å². The van der Waals surface area contributed by atoms with Gasteiger partial charge in [0.05, 0.1) is 31.3 Å². The molecule has 1 aliphatic heterocycles. The van der Waals surface area contributed by atoms with Gasteiger partial charge in [-0.25, -0.2) is 0 Å². The third-order valence-electron chi connectivity index (χ3n) is 3.29. The summed E-state index contributed by atoms with van der Waals surface area (Å²) in [4.78, 5) is 14.0. The van der Waals surface area contributed by atoms with E-state index in [0.717, 1.165) is 6.42 Å². The quantitative estimate of drug-likeness (QED) is 0.745. The molecule has 0 aromatic carbocycles. The third-order valence-corrected chi connectivity index (χ3v) is 3.29. The second-order valence-corrected chi connectivity index (χ2v) is 6.12. The zero-order chi connectivity index (χ0) is 14.4. The summed E-state index contributed by atoms with van der Waals surface area (Å²) in [7, 11) is 0. The first kappa shape index (κ1) is 16.4. The van der Waals surface area contributed by atoms with Crippen LogP contribution in [0.4, 0.5) is 0 Å². The van der Waals surface area contributed by atoms with E-state index in [1.54, 1.807) is 0 Å². The molecule has 19 heavy (non-hydrogen) atoms. The van der Waals surface area contributed by atoms with Crippen LogP contribution in [0.3, 0.4) is 0 Å². The minimum Gasteiger partial charge on any atom is -0.378 e. The SMILES string of the molecule is CC(C)CC(C)OCCC(=O)N1C[C@@H](C)O[C@@H](C)C1. The fourth-order valence-corrected chi connectivity index (χ4v) is 2.62. The molecule has 0 bridgehead atoms. The second-order valence-electron chi connectivity index (χ2n) is 6.12. The molecule has 0 N–H and O–H groups in total. The highest BCUT2D eigenvalue weighted by atomic mass is 16.5. The van der Waals surface area contributed by atoms with Gasteiger partial charge in [-0.2, -0.15) is 0 Å². The molecule has 4 nitrogen and oxygen atoms in total. The Morgan fingerprint density at radius 2 is 1.84 bits per heavy atom. The van der Waals surface area contributed by atoms with Crippen molar-refractivity contribution in [2.45, 2.75) is 65.8 Å². The highest BCUT2D eigenvalue weighted by Crippen LogP contribution is 2.12. The second kappa shape index (κ2) is 7.85. The number of rotatable bonds is 6. The fraction of sp³-hybridized carbons (Fsp3) is 0.933. The molecule has 0 radical (unpaired) electrons. The average molecular weight is 271 g/mol. The van der Waals surface area contributed by atoms with Crippen LogP contribution in [0, 0.1) is 5.92 Å². The smallest absolute Gasteiger partial charge is 0.225 e. The lowest BCUT2D eigenvalue weighted by atomic mass is 10.1. The van der Waals surface area contributed by atoms with Gasteiger partial charge in [-0.05, 0) is 33.1 Å². The van der Waals surface area contributed by atoms with E-state index in [2.05, 4.69) is 20.8 Å². The van der Waals surface area contributed by atoms with Gasteiger partial charge in [-0.1, -0.05) is 13.8 Å². The Balaban J connectivity index is 2.23. The van der Waals surface area contributed by atoms with Crippen LogP contribution in [0.2, 0.25) is 0 Å². The van der Waals surface area contributed by atoms with Crippen LogP contribution in [0.15, 0.2) is 0 Å². The van der Waals surface area contributed by atoms with Crippen molar-refractivity contribution >= 4 is 5.91 Å². The standard InChI is InChI=1S/C15H29NO3/c1-11(2)8-12(3)18-7-6-15(17)16-9-13(4)19-14(5)10-16/h11-14H,6-10H2,1-5H3/t12?,13-,14+. The summed E-state index contributed by atoms with van der Waals surface area (Å²) in [5.74, 6) is 0.811. The van der Waals surface area contributed by atoms with E-state index in [9.17, 15) is 4.79 Å². The lowest BCUT2D eigenvalue weighted by Crippen LogP contribution is -2.48. The van der Waals surface area contributed by atoms with Crippen molar-refractivity contribution in [2.75, 3.05) is 19.7 Å². The summed E-state index contributed by atoms with van der Waals surface area (Å²) < 4.78 is 11.3. The summed E-state index contributed by atoms with van der Waals surface area (Å²) in [6.45, 7) is 12.4. The van der Waals surface area contributed by atoms with Gasteiger partial charge in [0.25, 0.3) is 0 Å². The van der Waals surface area contributed by atoms with Crippen LogP contribution >= 0.6 is 0 Å². The highest BCUT2D eigenvalue weighted by Gasteiger charge is 2.25. The van der Waals surface area contributed by atoms with Crippen molar-refractivity contribution in [3.63, 3.8) is 0 Å². The maximum Gasteiger partial charge on any atom is 0.225 e. The molecule has 4 heteroatoms. The van der Waals surface area contributed by atoms with Gasteiger partial charge in [0, 0.05) is 13.1 Å². The Morgan fingerprint density at radius 3 is 2.37 bits per heavy atom. The zero-order valence-electron chi connectivity index (χ0n) is 13.0. The lowest BCUT2D eigenvalue weighted by Gasteiger charge is -2.35. The Labute approximate surface area is 117 Å². The van der Waals surface area contributed by atoms with Crippen molar-refractivity contribution in [2.24, 2.45) is 5.92 Å². The topological polar surface area (TPSA) is 38.8 Å². The fourth-order valence-electron chi connectivity index (χ4n) is 2.62. The summed E-state index contributed by atoms with van der Waals surface area (Å²) in [5.41, 5.74) is 0. The minimum atomic E-state index is 0.133. The molecule has 1 heterocycles. The molecular formula is C15H29NO3. The predicted octanol–water partition coefficient (Wildman–Crippen LogP) is 2.46. The largest absolute Gasteiger partial charge is 0.378 e. The zero-order valence-corrected chi connectivity index (χ0v) is 13.0. The Hall–Kier alpha value is -0.610. The highest BCUT2D eigenvalue weighted by molar-refractivity contribution is 5.76. The number of ether oxygens (including phenoxy) is 2. The monoisotopic (exact) mass is 271 g/mol. The first-order valence-corrected chi connectivity index (χ1v) is 7.43. The molecule has 1 rings (SSSR count). The van der Waals surface area contributed by atoms with Gasteiger partial charge in [-0.3, -0.25) is 4.79 Å². The van der Waals surface area contributed by atoms with Crippen molar-refractivity contribution in [1.82, 2.24) is 4.90 Å². The molecule has 0 spiro atoms. The van der Waals surface area contributed by atoms with E-state index in [0.29, 0.717) is 32.0 Å². The molecule has 0 aromatic heterocycles. The van der Waals surface area contributed by atoms with Gasteiger partial charge >= 0.3 is 0 Å². The summed E-state index contributed by atoms with van der Waals surface area (Å²) in [6.07, 6.45) is 2.01. The van der Waals surface area contributed by atoms with Gasteiger partial charge in [0.1, 0.15) is 0 Å². The average Bonchev–Trinajstić information content (AvgIpc) is 2.26. The van der Waals surface area contributed by atoms with E-state index in [-0.39, 0.29) is 24.2 Å². The van der Waals surface area contributed by atoms with E-state index in [4.69, 9.17) is 9.47 Å². The molecule has 1 amide bonds. The molecule has 0 saturated carbocycles. The summed E-state index contributed by atoms with van der Waals surface area (Å²) in [5, 5.41) is 0. The molecular weight excluding hydrogens is 242 g/mol. The van der Waals surface area contributed by atoms with E-state index >= 15 is 0 Å². The molecule has 1 fully saturated rings. The van der Waals surface area contributed by atoms with E-state index < -0.39 is 0 Å². The predicted molar refractivity (Wildman–Crippen MR) is 76.1 cm³/mol. The van der Waals surface area contributed by atoms with Crippen molar-refractivity contribution in [3.05, 3.63) is 0 Å². The van der Waals surface area contributed by atoms with E-state index in [1.165, 1.54) is 0 Å². The number of carbonyl (C=O) groups excluding carboxylic acids is 1. The molecule has 0 aromatic rings. The van der Waals surface area contributed by atoms with Crippen LogP contribution in [0.1, 0.15) is 47.5 Å². The molecule has 3 atom stereocenters. The molecule has 1 saturated heterocycles. The molecule has 1 unspecified atom stereocenters. The number of nitrogens with zero attached hydrogens (tertiary/aromatic N) is 1. The molecule has 112 valence electrons. The van der Waals surface area contributed by atoms with Crippen LogP contribution in [0.25, 0.3) is 0 Å². The minimum absolute atomic E-state index is 0.133. The number of hydrogen-bond donors (Lipinski definition) is 0. The summed E-state index contributed by atoms with van der Waals surface area (Å²) >= 11 is 0. The van der Waals surface area contributed by atoms with Crippen molar-refractivity contribution in [1.29, 1.82) is 0 Å². The van der Waals surface area contributed by atoms with Gasteiger partial charge in [-0.15, -0.1) is 0 Å². The Bertz CT molecular complexity index is 271. The first-order valence-electron chi connectivity index (χ1n) is 7.43. The third kappa shape index (κ3) is 6.39. The number of amides is 1. The van der Waals surface area contributed by atoms with Gasteiger partial charge in [0.2, 0.25) is 5.91 Å². The Morgan fingerprint density at radius 1 is 1.26 bits per heavy atom. The first-order chi connectivity index (χ1) is 8.88. The number of carbonyl (C=O) groups is 1.